The zero-order valence-corrected chi connectivity index (χ0v) is 9.45. The maximum atomic E-state index is 10.1. The molecule has 1 saturated heterocycles. The molecular formula is C12H15ClO2. The molecular weight excluding hydrogens is 212 g/mol. The molecule has 0 amide bonds. The van der Waals surface area contributed by atoms with Crippen molar-refractivity contribution in [1.29, 1.82) is 0 Å². The molecule has 1 aromatic carbocycles. The maximum Gasteiger partial charge on any atom is 0.105 e. The van der Waals surface area contributed by atoms with Gasteiger partial charge in [0.05, 0.1) is 6.10 Å². The van der Waals surface area contributed by atoms with Crippen LogP contribution >= 0.6 is 11.6 Å². The van der Waals surface area contributed by atoms with E-state index in [0.29, 0.717) is 10.9 Å². The average Bonchev–Trinajstić information content (AvgIpc) is 2.65. The number of rotatable bonds is 2. The summed E-state index contributed by atoms with van der Waals surface area (Å²) in [4.78, 5) is 0. The fourth-order valence-corrected chi connectivity index (χ4v) is 2.10. The summed E-state index contributed by atoms with van der Waals surface area (Å²) in [6.07, 6.45) is 0.404. The van der Waals surface area contributed by atoms with Crippen LogP contribution in [0.3, 0.4) is 0 Å². The van der Waals surface area contributed by atoms with Gasteiger partial charge in [-0.2, -0.15) is 0 Å². The van der Waals surface area contributed by atoms with Gasteiger partial charge in [0.15, 0.2) is 0 Å². The Balaban J connectivity index is 2.13. The molecule has 0 aliphatic carbocycles. The number of hydrogen-bond acceptors (Lipinski definition) is 2. The number of ether oxygens (including phenoxy) is 1. The lowest BCUT2D eigenvalue weighted by Crippen LogP contribution is -2.22. The molecule has 1 aliphatic rings. The lowest BCUT2D eigenvalue weighted by Gasteiger charge is -2.21. The highest BCUT2D eigenvalue weighted by molar-refractivity contribution is 6.30. The molecule has 0 aromatic heterocycles. The third kappa shape index (κ3) is 2.33. The van der Waals surface area contributed by atoms with Crippen molar-refractivity contribution in [2.24, 2.45) is 5.92 Å². The van der Waals surface area contributed by atoms with Gasteiger partial charge in [-0.3, -0.25) is 0 Å². The average molecular weight is 227 g/mol. The van der Waals surface area contributed by atoms with E-state index in [1.807, 2.05) is 12.1 Å². The van der Waals surface area contributed by atoms with Crippen LogP contribution in [0.2, 0.25) is 5.02 Å². The molecule has 3 atom stereocenters. The van der Waals surface area contributed by atoms with Gasteiger partial charge in [0.2, 0.25) is 0 Å². The highest BCUT2D eigenvalue weighted by Crippen LogP contribution is 2.31. The van der Waals surface area contributed by atoms with Gasteiger partial charge in [0, 0.05) is 11.6 Å². The lowest BCUT2D eigenvalue weighted by atomic mass is 9.95. The minimum absolute atomic E-state index is 0.0776. The standard InChI is InChI=1S/C12H15ClO2/c1-8-6-7-15-12(8)11(14)9-2-4-10(13)5-3-9/h2-5,8,11-12,14H,6-7H2,1H3. The van der Waals surface area contributed by atoms with Crippen LogP contribution in [-0.4, -0.2) is 17.8 Å². The Morgan fingerprint density at radius 3 is 2.60 bits per heavy atom. The van der Waals surface area contributed by atoms with E-state index in [1.54, 1.807) is 12.1 Å². The van der Waals surface area contributed by atoms with Gasteiger partial charge in [-0.05, 0) is 30.0 Å². The third-order valence-electron chi connectivity index (χ3n) is 2.97. The van der Waals surface area contributed by atoms with E-state index in [-0.39, 0.29) is 6.10 Å². The van der Waals surface area contributed by atoms with Crippen molar-refractivity contribution in [1.82, 2.24) is 0 Å². The fraction of sp³-hybridized carbons (Fsp3) is 0.500. The van der Waals surface area contributed by atoms with Gasteiger partial charge in [-0.25, -0.2) is 0 Å². The summed E-state index contributed by atoms with van der Waals surface area (Å²) in [6.45, 7) is 2.85. The number of hydrogen-bond donors (Lipinski definition) is 1. The van der Waals surface area contributed by atoms with Crippen LogP contribution in [0.4, 0.5) is 0 Å². The van der Waals surface area contributed by atoms with Crippen LogP contribution in [0.25, 0.3) is 0 Å². The second kappa shape index (κ2) is 4.52. The van der Waals surface area contributed by atoms with E-state index in [4.69, 9.17) is 16.3 Å². The summed E-state index contributed by atoms with van der Waals surface area (Å²) in [6, 6.07) is 7.28. The molecule has 2 nitrogen and oxygen atoms in total. The van der Waals surface area contributed by atoms with Crippen LogP contribution in [0, 0.1) is 5.92 Å². The van der Waals surface area contributed by atoms with Crippen LogP contribution in [0.15, 0.2) is 24.3 Å². The summed E-state index contributed by atoms with van der Waals surface area (Å²) < 4.78 is 5.53. The lowest BCUT2D eigenvalue weighted by molar-refractivity contribution is -0.0178. The van der Waals surface area contributed by atoms with E-state index >= 15 is 0 Å². The van der Waals surface area contributed by atoms with Crippen molar-refractivity contribution >= 4 is 11.6 Å². The molecule has 0 saturated carbocycles. The zero-order chi connectivity index (χ0) is 10.8. The second-order valence-corrected chi connectivity index (χ2v) is 4.53. The molecule has 3 heteroatoms. The van der Waals surface area contributed by atoms with E-state index < -0.39 is 6.10 Å². The quantitative estimate of drug-likeness (QED) is 0.841. The number of halogens is 1. The van der Waals surface area contributed by atoms with E-state index in [0.717, 1.165) is 18.6 Å². The normalized spacial score (nSPS) is 27.9. The highest BCUT2D eigenvalue weighted by atomic mass is 35.5. The van der Waals surface area contributed by atoms with E-state index in [9.17, 15) is 5.11 Å². The van der Waals surface area contributed by atoms with Gasteiger partial charge >= 0.3 is 0 Å². The van der Waals surface area contributed by atoms with Gasteiger partial charge in [-0.1, -0.05) is 30.7 Å². The Morgan fingerprint density at radius 2 is 2.07 bits per heavy atom. The first-order chi connectivity index (χ1) is 7.18. The molecule has 1 aliphatic heterocycles. The molecule has 1 N–H and O–H groups in total. The van der Waals surface area contributed by atoms with Gasteiger partial charge in [-0.15, -0.1) is 0 Å². The predicted molar refractivity (Wildman–Crippen MR) is 59.9 cm³/mol. The third-order valence-corrected chi connectivity index (χ3v) is 3.22. The topological polar surface area (TPSA) is 29.5 Å². The highest BCUT2D eigenvalue weighted by Gasteiger charge is 2.31. The first-order valence-electron chi connectivity index (χ1n) is 5.23. The Labute approximate surface area is 94.8 Å². The van der Waals surface area contributed by atoms with E-state index in [1.165, 1.54) is 0 Å². The van der Waals surface area contributed by atoms with Crippen LogP contribution in [0.1, 0.15) is 25.0 Å². The van der Waals surface area contributed by atoms with Crippen molar-refractivity contribution < 1.29 is 9.84 Å². The Hall–Kier alpha value is -0.570. The van der Waals surface area contributed by atoms with Crippen molar-refractivity contribution in [3.63, 3.8) is 0 Å². The van der Waals surface area contributed by atoms with Gasteiger partial charge in [0.25, 0.3) is 0 Å². The van der Waals surface area contributed by atoms with Crippen molar-refractivity contribution in [3.05, 3.63) is 34.9 Å². The molecule has 1 heterocycles. The minimum atomic E-state index is -0.542. The number of aliphatic hydroxyl groups excluding tert-OH is 1. The van der Waals surface area contributed by atoms with Crippen molar-refractivity contribution in [3.8, 4) is 0 Å². The summed E-state index contributed by atoms with van der Waals surface area (Å²) in [5.41, 5.74) is 0.873. The van der Waals surface area contributed by atoms with Gasteiger partial charge < -0.3 is 9.84 Å². The Bertz CT molecular complexity index is 323. The smallest absolute Gasteiger partial charge is 0.105 e. The zero-order valence-electron chi connectivity index (χ0n) is 8.69. The Morgan fingerprint density at radius 1 is 1.40 bits per heavy atom. The second-order valence-electron chi connectivity index (χ2n) is 4.10. The molecule has 82 valence electrons. The van der Waals surface area contributed by atoms with Crippen molar-refractivity contribution in [2.75, 3.05) is 6.61 Å². The first-order valence-corrected chi connectivity index (χ1v) is 5.61. The number of benzene rings is 1. The molecule has 1 fully saturated rings. The summed E-state index contributed by atoms with van der Waals surface area (Å²) >= 11 is 5.79. The fourth-order valence-electron chi connectivity index (χ4n) is 1.97. The molecule has 2 rings (SSSR count). The largest absolute Gasteiger partial charge is 0.386 e. The maximum absolute atomic E-state index is 10.1. The molecule has 0 bridgehead atoms. The van der Waals surface area contributed by atoms with Crippen LogP contribution in [0.5, 0.6) is 0 Å². The predicted octanol–water partition coefficient (Wildman–Crippen LogP) is 2.80. The summed E-state index contributed by atoms with van der Waals surface area (Å²) in [5, 5.41) is 10.8. The summed E-state index contributed by atoms with van der Waals surface area (Å²) in [7, 11) is 0. The SMILES string of the molecule is CC1CCOC1C(O)c1ccc(Cl)cc1. The van der Waals surface area contributed by atoms with Gasteiger partial charge in [0.1, 0.15) is 6.10 Å². The molecule has 1 aromatic rings. The number of aliphatic hydroxyl groups is 1. The minimum Gasteiger partial charge on any atom is -0.386 e. The van der Waals surface area contributed by atoms with Crippen LogP contribution < -0.4 is 0 Å². The first kappa shape index (κ1) is 10.9. The molecule has 0 spiro atoms. The van der Waals surface area contributed by atoms with Crippen LogP contribution in [-0.2, 0) is 4.74 Å². The molecule has 0 radical (unpaired) electrons. The monoisotopic (exact) mass is 226 g/mol. The van der Waals surface area contributed by atoms with E-state index in [2.05, 4.69) is 6.92 Å². The Kier molecular flexibility index (Phi) is 3.29. The molecule has 15 heavy (non-hydrogen) atoms. The molecule has 3 unspecified atom stereocenters. The van der Waals surface area contributed by atoms with Crippen molar-refractivity contribution in [2.45, 2.75) is 25.6 Å². The summed E-state index contributed by atoms with van der Waals surface area (Å²) in [5.74, 6) is 0.413.